The molecule has 0 spiro atoms. The Balaban J connectivity index is 3.48. The van der Waals surface area contributed by atoms with E-state index < -0.39 is 0 Å². The molecule has 0 saturated heterocycles. The first kappa shape index (κ1) is 11.1. The van der Waals surface area contributed by atoms with Crippen molar-refractivity contribution >= 4 is 0 Å². The van der Waals surface area contributed by atoms with Gasteiger partial charge in [-0.05, 0) is 34.1 Å². The molecular formula is C11H20N2O. The number of hydrogen-bond donors (Lipinski definition) is 0. The fraction of sp³-hybridized carbons (Fsp3) is 0.727. The van der Waals surface area contributed by atoms with Gasteiger partial charge in [-0.2, -0.15) is 0 Å². The Hall–Kier alpha value is -0.990. The molecule has 0 radical (unpaired) electrons. The van der Waals surface area contributed by atoms with Crippen molar-refractivity contribution in [3.05, 3.63) is 21.6 Å². The van der Waals surface area contributed by atoms with Crippen LogP contribution in [0.5, 0.6) is 0 Å². The van der Waals surface area contributed by atoms with E-state index in [1.54, 1.807) is 0 Å². The van der Waals surface area contributed by atoms with E-state index >= 15 is 0 Å². The van der Waals surface area contributed by atoms with Crippen LogP contribution in [-0.2, 0) is 13.0 Å². The zero-order valence-electron chi connectivity index (χ0n) is 9.79. The van der Waals surface area contributed by atoms with Crippen molar-refractivity contribution in [2.45, 2.75) is 53.6 Å². The third kappa shape index (κ3) is 1.51. The lowest BCUT2D eigenvalue weighted by atomic mass is 10.2. The van der Waals surface area contributed by atoms with Gasteiger partial charge in [-0.3, -0.25) is 9.48 Å². The number of nitrogens with zero attached hydrogens (tertiary/aromatic N) is 2. The number of aromatic nitrogens is 2. The van der Waals surface area contributed by atoms with Crippen LogP contribution in [0.1, 0.15) is 45.0 Å². The minimum atomic E-state index is 0.182. The van der Waals surface area contributed by atoms with Gasteiger partial charge < -0.3 is 0 Å². The van der Waals surface area contributed by atoms with Crippen LogP contribution in [0.2, 0.25) is 0 Å². The maximum Gasteiger partial charge on any atom is 0.270 e. The van der Waals surface area contributed by atoms with Crippen LogP contribution in [0.25, 0.3) is 0 Å². The molecule has 1 heterocycles. The summed E-state index contributed by atoms with van der Waals surface area (Å²) in [4.78, 5) is 12.0. The van der Waals surface area contributed by atoms with E-state index in [-0.39, 0.29) is 11.6 Å². The number of rotatable bonds is 3. The quantitative estimate of drug-likeness (QED) is 0.727. The van der Waals surface area contributed by atoms with Crippen LogP contribution in [-0.4, -0.2) is 9.36 Å². The van der Waals surface area contributed by atoms with E-state index in [0.29, 0.717) is 0 Å². The van der Waals surface area contributed by atoms with Crippen LogP contribution < -0.4 is 5.56 Å². The fourth-order valence-electron chi connectivity index (χ4n) is 2.03. The van der Waals surface area contributed by atoms with E-state index in [9.17, 15) is 4.79 Å². The lowest BCUT2D eigenvalue weighted by Gasteiger charge is -2.14. The highest BCUT2D eigenvalue weighted by atomic mass is 16.1. The Labute approximate surface area is 85.3 Å². The van der Waals surface area contributed by atoms with Gasteiger partial charge in [-0.1, -0.05) is 6.92 Å². The third-order valence-electron chi connectivity index (χ3n) is 2.69. The SMILES string of the molecule is CCc1c(C)n(CC)n(C(C)C)c1=O. The average Bonchev–Trinajstić information content (AvgIpc) is 2.37. The topological polar surface area (TPSA) is 26.9 Å². The van der Waals surface area contributed by atoms with Gasteiger partial charge in [0.05, 0.1) is 0 Å². The van der Waals surface area contributed by atoms with Gasteiger partial charge >= 0.3 is 0 Å². The number of hydrogen-bond acceptors (Lipinski definition) is 1. The first-order chi connectivity index (χ1) is 6.54. The second-order valence-corrected chi connectivity index (χ2v) is 3.88. The lowest BCUT2D eigenvalue weighted by Crippen LogP contribution is -2.25. The predicted octanol–water partition coefficient (Wildman–Crippen LogP) is 2.12. The van der Waals surface area contributed by atoms with Crippen molar-refractivity contribution < 1.29 is 0 Å². The summed E-state index contributed by atoms with van der Waals surface area (Å²) in [7, 11) is 0. The van der Waals surface area contributed by atoms with Gasteiger partial charge in [0.25, 0.3) is 5.56 Å². The highest BCUT2D eigenvalue weighted by Gasteiger charge is 2.15. The molecule has 0 N–H and O–H groups in total. The molecule has 3 nitrogen and oxygen atoms in total. The lowest BCUT2D eigenvalue weighted by molar-refractivity contribution is 0.404. The summed E-state index contributed by atoms with van der Waals surface area (Å²) < 4.78 is 3.93. The monoisotopic (exact) mass is 196 g/mol. The van der Waals surface area contributed by atoms with Crippen molar-refractivity contribution in [3.63, 3.8) is 0 Å². The molecular weight excluding hydrogens is 176 g/mol. The Morgan fingerprint density at radius 2 is 1.86 bits per heavy atom. The normalized spacial score (nSPS) is 11.3. The van der Waals surface area contributed by atoms with Gasteiger partial charge in [0.1, 0.15) is 0 Å². The molecule has 1 aromatic rings. The molecule has 3 heteroatoms. The molecule has 1 aromatic heterocycles. The third-order valence-corrected chi connectivity index (χ3v) is 2.69. The zero-order chi connectivity index (χ0) is 10.9. The highest BCUT2D eigenvalue weighted by Crippen LogP contribution is 2.10. The smallest absolute Gasteiger partial charge is 0.270 e. The summed E-state index contributed by atoms with van der Waals surface area (Å²) in [6.07, 6.45) is 0.824. The standard InChI is InChI=1S/C11H20N2O/c1-6-10-9(5)12(7-2)13(8(3)4)11(10)14/h8H,6-7H2,1-5H3. The van der Waals surface area contributed by atoms with Crippen LogP contribution >= 0.6 is 0 Å². The fourth-order valence-corrected chi connectivity index (χ4v) is 2.03. The van der Waals surface area contributed by atoms with Crippen molar-refractivity contribution in [2.24, 2.45) is 0 Å². The predicted molar refractivity (Wildman–Crippen MR) is 58.9 cm³/mol. The minimum absolute atomic E-state index is 0.182. The minimum Gasteiger partial charge on any atom is -0.287 e. The second kappa shape index (κ2) is 4.03. The molecule has 0 atom stereocenters. The first-order valence-corrected chi connectivity index (χ1v) is 5.35. The second-order valence-electron chi connectivity index (χ2n) is 3.88. The van der Waals surface area contributed by atoms with Crippen molar-refractivity contribution in [1.29, 1.82) is 0 Å². The molecule has 0 amide bonds. The molecule has 0 bridgehead atoms. The summed E-state index contributed by atoms with van der Waals surface area (Å²) in [6, 6.07) is 0.237. The maximum atomic E-state index is 12.0. The van der Waals surface area contributed by atoms with Gasteiger partial charge in [-0.15, -0.1) is 0 Å². The van der Waals surface area contributed by atoms with E-state index in [2.05, 4.69) is 11.6 Å². The van der Waals surface area contributed by atoms with Gasteiger partial charge in [-0.25, -0.2) is 4.68 Å². The van der Waals surface area contributed by atoms with Crippen molar-refractivity contribution in [3.8, 4) is 0 Å². The summed E-state index contributed by atoms with van der Waals surface area (Å²) in [6.45, 7) is 11.1. The van der Waals surface area contributed by atoms with E-state index in [0.717, 1.165) is 24.2 Å². The molecule has 14 heavy (non-hydrogen) atoms. The Kier molecular flexibility index (Phi) is 3.19. The molecule has 0 aliphatic rings. The molecule has 0 fully saturated rings. The average molecular weight is 196 g/mol. The molecule has 0 aromatic carbocycles. The molecule has 0 unspecified atom stereocenters. The Bertz CT molecular complexity index is 371. The van der Waals surface area contributed by atoms with Crippen LogP contribution in [0.3, 0.4) is 0 Å². The molecule has 80 valence electrons. The van der Waals surface area contributed by atoms with Crippen LogP contribution in [0, 0.1) is 6.92 Å². The molecule has 0 aliphatic carbocycles. The van der Waals surface area contributed by atoms with E-state index in [4.69, 9.17) is 0 Å². The Morgan fingerprint density at radius 1 is 1.29 bits per heavy atom. The molecule has 0 saturated carbocycles. The van der Waals surface area contributed by atoms with Gasteiger partial charge in [0, 0.05) is 23.8 Å². The van der Waals surface area contributed by atoms with Crippen LogP contribution in [0.15, 0.2) is 4.79 Å². The van der Waals surface area contributed by atoms with Crippen molar-refractivity contribution in [2.75, 3.05) is 0 Å². The summed E-state index contributed by atoms with van der Waals surface area (Å²) in [5.41, 5.74) is 2.26. The molecule has 0 aliphatic heterocycles. The largest absolute Gasteiger partial charge is 0.287 e. The summed E-state index contributed by atoms with van der Waals surface area (Å²) in [5.74, 6) is 0. The first-order valence-electron chi connectivity index (χ1n) is 5.35. The van der Waals surface area contributed by atoms with Gasteiger partial charge in [0.2, 0.25) is 0 Å². The van der Waals surface area contributed by atoms with Crippen molar-refractivity contribution in [1.82, 2.24) is 9.36 Å². The molecule has 1 rings (SSSR count). The van der Waals surface area contributed by atoms with Gasteiger partial charge in [0.15, 0.2) is 0 Å². The Morgan fingerprint density at radius 3 is 2.14 bits per heavy atom. The van der Waals surface area contributed by atoms with E-state index in [1.807, 2.05) is 32.4 Å². The summed E-state index contributed by atoms with van der Waals surface area (Å²) >= 11 is 0. The highest BCUT2D eigenvalue weighted by molar-refractivity contribution is 5.17. The maximum absolute atomic E-state index is 12.0. The zero-order valence-corrected chi connectivity index (χ0v) is 9.79. The summed E-state index contributed by atoms with van der Waals surface area (Å²) in [5, 5.41) is 0. The van der Waals surface area contributed by atoms with Crippen LogP contribution in [0.4, 0.5) is 0 Å². The van der Waals surface area contributed by atoms with E-state index in [1.165, 1.54) is 0 Å².